The lowest BCUT2D eigenvalue weighted by Crippen LogP contribution is -2.29. The molecule has 0 saturated heterocycles. The molecule has 4 nitrogen and oxygen atoms in total. The molecular weight excluding hydrogens is 284 g/mol. The Morgan fingerprint density at radius 1 is 1.57 bits per heavy atom. The summed E-state index contributed by atoms with van der Waals surface area (Å²) in [6, 6.07) is 1.90. The molecule has 0 bridgehead atoms. The van der Waals surface area contributed by atoms with E-state index >= 15 is 0 Å². The summed E-state index contributed by atoms with van der Waals surface area (Å²) in [5, 5.41) is 0. The molecular formula is C16H22N2O2S. The van der Waals surface area contributed by atoms with Gasteiger partial charge in [-0.1, -0.05) is 11.8 Å². The number of carbonyl (C=O) groups excluding carboxylic acids is 1. The zero-order valence-corrected chi connectivity index (χ0v) is 13.5. The molecule has 1 aliphatic rings. The van der Waals surface area contributed by atoms with Gasteiger partial charge in [-0.05, 0) is 37.3 Å². The van der Waals surface area contributed by atoms with E-state index in [4.69, 9.17) is 10.5 Å². The highest BCUT2D eigenvalue weighted by molar-refractivity contribution is 7.14. The lowest BCUT2D eigenvalue weighted by Gasteiger charge is -2.16. The van der Waals surface area contributed by atoms with Crippen molar-refractivity contribution in [1.82, 2.24) is 4.90 Å². The maximum atomic E-state index is 12.3. The van der Waals surface area contributed by atoms with Gasteiger partial charge in [0.25, 0.3) is 5.91 Å². The van der Waals surface area contributed by atoms with Gasteiger partial charge in [0.15, 0.2) is 0 Å². The van der Waals surface area contributed by atoms with Gasteiger partial charge in [-0.15, -0.1) is 11.3 Å². The van der Waals surface area contributed by atoms with Crippen LogP contribution in [0.2, 0.25) is 0 Å². The van der Waals surface area contributed by atoms with Crippen LogP contribution in [0.4, 0.5) is 0 Å². The highest BCUT2D eigenvalue weighted by Gasteiger charge is 2.21. The summed E-state index contributed by atoms with van der Waals surface area (Å²) >= 11 is 1.43. The maximum Gasteiger partial charge on any atom is 0.263 e. The Hall–Kier alpha value is -1.35. The molecule has 2 N–H and O–H groups in total. The number of hydrogen-bond donors (Lipinski definition) is 1. The van der Waals surface area contributed by atoms with Crippen molar-refractivity contribution >= 4 is 17.2 Å². The zero-order chi connectivity index (χ0) is 15.2. The number of nitrogens with two attached hydrogens (primary N) is 1. The van der Waals surface area contributed by atoms with Crippen molar-refractivity contribution in [2.24, 2.45) is 11.7 Å². The molecule has 1 fully saturated rings. The first-order valence-corrected chi connectivity index (χ1v) is 8.06. The Kier molecular flexibility index (Phi) is 5.80. The second-order valence-electron chi connectivity index (χ2n) is 5.37. The van der Waals surface area contributed by atoms with Crippen molar-refractivity contribution in [2.45, 2.75) is 19.8 Å². The van der Waals surface area contributed by atoms with Crippen LogP contribution in [0.5, 0.6) is 0 Å². The molecule has 21 heavy (non-hydrogen) atoms. The van der Waals surface area contributed by atoms with Crippen molar-refractivity contribution in [3.63, 3.8) is 0 Å². The Labute approximate surface area is 130 Å². The fraction of sp³-hybridized carbons (Fsp3) is 0.562. The van der Waals surface area contributed by atoms with E-state index in [1.54, 1.807) is 4.90 Å². The largest absolute Gasteiger partial charge is 0.379 e. The first-order valence-electron chi connectivity index (χ1n) is 7.24. The predicted octanol–water partition coefficient (Wildman–Crippen LogP) is 1.87. The van der Waals surface area contributed by atoms with E-state index in [9.17, 15) is 4.79 Å². The first-order chi connectivity index (χ1) is 10.1. The standard InChI is InChI=1S/C16H22N2O2S/c1-12-10-15(21-14(12)4-3-7-17)16(19)18(2)8-9-20-11-13-5-6-13/h10,13H,5-9,11,17H2,1-2H3. The third-order valence-corrected chi connectivity index (χ3v) is 4.54. The van der Waals surface area contributed by atoms with Crippen LogP contribution in [0, 0.1) is 24.7 Å². The number of rotatable bonds is 6. The summed E-state index contributed by atoms with van der Waals surface area (Å²) in [4.78, 5) is 15.7. The minimum absolute atomic E-state index is 0.0268. The van der Waals surface area contributed by atoms with Crippen LogP contribution in [-0.4, -0.2) is 44.2 Å². The van der Waals surface area contributed by atoms with Crippen LogP contribution in [0.15, 0.2) is 6.07 Å². The Morgan fingerprint density at radius 3 is 3.00 bits per heavy atom. The van der Waals surface area contributed by atoms with Gasteiger partial charge >= 0.3 is 0 Å². The smallest absolute Gasteiger partial charge is 0.263 e. The summed E-state index contributed by atoms with van der Waals surface area (Å²) in [6.07, 6.45) is 2.58. The van der Waals surface area contributed by atoms with Crippen LogP contribution < -0.4 is 5.73 Å². The molecule has 0 atom stereocenters. The van der Waals surface area contributed by atoms with Crippen molar-refractivity contribution in [1.29, 1.82) is 0 Å². The topological polar surface area (TPSA) is 55.6 Å². The number of nitrogens with zero attached hydrogens (tertiary/aromatic N) is 1. The second kappa shape index (κ2) is 7.60. The highest BCUT2D eigenvalue weighted by Crippen LogP contribution is 2.28. The normalized spacial score (nSPS) is 13.7. The number of carbonyl (C=O) groups is 1. The zero-order valence-electron chi connectivity index (χ0n) is 12.6. The number of hydrogen-bond acceptors (Lipinski definition) is 4. The molecule has 114 valence electrons. The van der Waals surface area contributed by atoms with Crippen LogP contribution in [0.1, 0.15) is 33.0 Å². The molecule has 1 aromatic rings. The van der Waals surface area contributed by atoms with E-state index in [0.717, 1.165) is 27.8 Å². The summed E-state index contributed by atoms with van der Waals surface area (Å²) in [6.45, 7) is 4.35. The van der Waals surface area contributed by atoms with Crippen LogP contribution in [0.25, 0.3) is 0 Å². The molecule has 5 heteroatoms. The van der Waals surface area contributed by atoms with Gasteiger partial charge in [-0.25, -0.2) is 0 Å². The number of ether oxygens (including phenoxy) is 1. The first kappa shape index (κ1) is 16.0. The number of likely N-dealkylation sites (N-methyl/N-ethyl adjacent to an activating group) is 1. The number of thiophene rings is 1. The average molecular weight is 306 g/mol. The van der Waals surface area contributed by atoms with Gasteiger partial charge in [0.05, 0.1) is 22.9 Å². The van der Waals surface area contributed by atoms with Gasteiger partial charge in [0, 0.05) is 20.2 Å². The number of amides is 1. The fourth-order valence-corrected chi connectivity index (χ4v) is 2.91. The van der Waals surface area contributed by atoms with Crippen molar-refractivity contribution in [3.05, 3.63) is 21.4 Å². The SMILES string of the molecule is Cc1cc(C(=O)N(C)CCOCC2CC2)sc1C#CCN. The third kappa shape index (κ3) is 4.85. The highest BCUT2D eigenvalue weighted by atomic mass is 32.1. The number of aryl methyl sites for hydroxylation is 1. The minimum atomic E-state index is 0.0268. The molecule has 1 aliphatic carbocycles. The Balaban J connectivity index is 1.85. The van der Waals surface area contributed by atoms with E-state index in [2.05, 4.69) is 11.8 Å². The molecule has 1 heterocycles. The molecule has 0 aliphatic heterocycles. The van der Waals surface area contributed by atoms with Gasteiger partial charge in [0.2, 0.25) is 0 Å². The lowest BCUT2D eigenvalue weighted by atomic mass is 10.2. The van der Waals surface area contributed by atoms with E-state index < -0.39 is 0 Å². The minimum Gasteiger partial charge on any atom is -0.379 e. The van der Waals surface area contributed by atoms with E-state index in [1.807, 2.05) is 20.0 Å². The van der Waals surface area contributed by atoms with E-state index in [1.165, 1.54) is 24.2 Å². The molecule has 1 aromatic heterocycles. The van der Waals surface area contributed by atoms with Gasteiger partial charge < -0.3 is 15.4 Å². The monoisotopic (exact) mass is 306 g/mol. The Morgan fingerprint density at radius 2 is 2.33 bits per heavy atom. The predicted molar refractivity (Wildman–Crippen MR) is 85.5 cm³/mol. The lowest BCUT2D eigenvalue weighted by molar-refractivity contribution is 0.0685. The van der Waals surface area contributed by atoms with Crippen LogP contribution in [-0.2, 0) is 4.74 Å². The van der Waals surface area contributed by atoms with E-state index in [-0.39, 0.29) is 5.91 Å². The quantitative estimate of drug-likeness (QED) is 0.645. The van der Waals surface area contributed by atoms with Crippen molar-refractivity contribution in [2.75, 3.05) is 33.4 Å². The molecule has 2 rings (SSSR count). The van der Waals surface area contributed by atoms with Crippen molar-refractivity contribution in [3.8, 4) is 11.8 Å². The van der Waals surface area contributed by atoms with Crippen molar-refractivity contribution < 1.29 is 9.53 Å². The van der Waals surface area contributed by atoms with Gasteiger partial charge in [0.1, 0.15) is 0 Å². The molecule has 0 unspecified atom stereocenters. The molecule has 1 saturated carbocycles. The molecule has 0 radical (unpaired) electrons. The maximum absolute atomic E-state index is 12.3. The Bertz CT molecular complexity index is 552. The summed E-state index contributed by atoms with van der Waals surface area (Å²) in [7, 11) is 1.81. The molecule has 0 aromatic carbocycles. The van der Waals surface area contributed by atoms with Crippen LogP contribution >= 0.6 is 11.3 Å². The summed E-state index contributed by atoms with van der Waals surface area (Å²) in [5.41, 5.74) is 6.41. The van der Waals surface area contributed by atoms with E-state index in [0.29, 0.717) is 19.7 Å². The third-order valence-electron chi connectivity index (χ3n) is 3.40. The summed E-state index contributed by atoms with van der Waals surface area (Å²) < 4.78 is 5.57. The second-order valence-corrected chi connectivity index (χ2v) is 6.43. The molecule has 0 spiro atoms. The fourth-order valence-electron chi connectivity index (χ4n) is 1.87. The van der Waals surface area contributed by atoms with Gasteiger partial charge in [-0.3, -0.25) is 4.79 Å². The average Bonchev–Trinajstić information content (AvgIpc) is 3.23. The van der Waals surface area contributed by atoms with Gasteiger partial charge in [-0.2, -0.15) is 0 Å². The summed E-state index contributed by atoms with van der Waals surface area (Å²) in [5.74, 6) is 6.62. The van der Waals surface area contributed by atoms with Crippen LogP contribution in [0.3, 0.4) is 0 Å². The molecule has 1 amide bonds.